The molecule has 0 unspecified atom stereocenters. The largest absolute Gasteiger partial charge is 0.506 e. The van der Waals surface area contributed by atoms with Crippen LogP contribution < -0.4 is 21.6 Å². The minimum Gasteiger partial charge on any atom is -0.506 e. The Morgan fingerprint density at radius 3 is 1.97 bits per heavy atom. The van der Waals surface area contributed by atoms with Crippen LogP contribution in [-0.4, -0.2) is 30.0 Å². The number of amides is 2. The summed E-state index contributed by atoms with van der Waals surface area (Å²) in [5.41, 5.74) is 14.2. The zero-order chi connectivity index (χ0) is 27.6. The smallest absolute Gasteiger partial charge is 0.255 e. The van der Waals surface area contributed by atoms with Gasteiger partial charge in [-0.05, 0) is 71.8 Å². The highest BCUT2D eigenvalue weighted by atomic mass is 16.3. The van der Waals surface area contributed by atoms with E-state index in [0.29, 0.717) is 16.9 Å². The molecular formula is C29H27BN4O4. The minimum absolute atomic E-state index is 0.103. The van der Waals surface area contributed by atoms with E-state index in [1.807, 2.05) is 13.8 Å². The van der Waals surface area contributed by atoms with Crippen molar-refractivity contribution in [3.63, 3.8) is 0 Å². The summed E-state index contributed by atoms with van der Waals surface area (Å²) in [5, 5.41) is 23.7. The molecular weight excluding hydrogens is 479 g/mol. The lowest BCUT2D eigenvalue weighted by atomic mass is 9.77. The SMILES string of the molecule is [B]N(C(=O)c1cccc(N)c1)c1cc(C(C)(C)c2ccc(O)c(NC(=O)c3cccc(N)c3)c2)ccc1O. The van der Waals surface area contributed by atoms with Crippen molar-refractivity contribution in [2.75, 3.05) is 21.6 Å². The topological polar surface area (TPSA) is 142 Å². The van der Waals surface area contributed by atoms with Crippen molar-refractivity contribution in [2.24, 2.45) is 0 Å². The van der Waals surface area contributed by atoms with E-state index < -0.39 is 17.2 Å². The van der Waals surface area contributed by atoms with Crippen LogP contribution in [0, 0.1) is 0 Å². The predicted octanol–water partition coefficient (Wildman–Crippen LogP) is 4.57. The monoisotopic (exact) mass is 506 g/mol. The van der Waals surface area contributed by atoms with E-state index in [1.54, 1.807) is 66.7 Å². The summed E-state index contributed by atoms with van der Waals surface area (Å²) in [6, 6.07) is 22.6. The number of nitrogens with two attached hydrogens (primary N) is 2. The molecule has 0 fully saturated rings. The second-order valence-electron chi connectivity index (χ2n) is 9.44. The zero-order valence-corrected chi connectivity index (χ0v) is 21.0. The first-order chi connectivity index (χ1) is 18.0. The van der Waals surface area contributed by atoms with Gasteiger partial charge in [0, 0.05) is 27.9 Å². The molecule has 0 aliphatic heterocycles. The van der Waals surface area contributed by atoms with Crippen LogP contribution in [0.3, 0.4) is 0 Å². The van der Waals surface area contributed by atoms with Gasteiger partial charge in [0.2, 0.25) is 13.9 Å². The van der Waals surface area contributed by atoms with Gasteiger partial charge in [0.1, 0.15) is 11.5 Å². The van der Waals surface area contributed by atoms with Crippen molar-refractivity contribution in [3.05, 3.63) is 107 Å². The molecule has 8 nitrogen and oxygen atoms in total. The summed E-state index contributed by atoms with van der Waals surface area (Å²) < 4.78 is 0. The normalized spacial score (nSPS) is 11.1. The van der Waals surface area contributed by atoms with Crippen LogP contribution in [0.25, 0.3) is 0 Å². The maximum Gasteiger partial charge on any atom is 0.255 e. The molecule has 4 aromatic carbocycles. The fourth-order valence-corrected chi connectivity index (χ4v) is 4.09. The summed E-state index contributed by atoms with van der Waals surface area (Å²) in [6.07, 6.45) is 0. The van der Waals surface area contributed by atoms with E-state index in [9.17, 15) is 19.8 Å². The third kappa shape index (κ3) is 5.27. The van der Waals surface area contributed by atoms with Gasteiger partial charge in [-0.15, -0.1) is 0 Å². The molecule has 0 aliphatic carbocycles. The van der Waals surface area contributed by atoms with Crippen LogP contribution in [0.2, 0.25) is 0 Å². The standard InChI is InChI=1S/C29H27BN4O4/c1-29(2,19-9-11-25(35)23(15-19)33-27(37)17-5-3-7-21(31)13-17)20-10-12-26(36)24(16-20)34(30)28(38)18-6-4-8-22(32)14-18/h3-16,35-36H,31-32H2,1-2H3,(H,33,37). The number of nitrogens with one attached hydrogen (secondary N) is 1. The second-order valence-corrected chi connectivity index (χ2v) is 9.44. The summed E-state index contributed by atoms with van der Waals surface area (Å²) in [7, 11) is 6.13. The Hall–Kier alpha value is -4.92. The Bertz CT molecular complexity index is 1540. The number of nitrogens with zero attached hydrogens (tertiary/aromatic N) is 1. The van der Waals surface area contributed by atoms with E-state index in [1.165, 1.54) is 18.2 Å². The van der Waals surface area contributed by atoms with E-state index >= 15 is 0 Å². The van der Waals surface area contributed by atoms with E-state index in [4.69, 9.17) is 19.4 Å². The van der Waals surface area contributed by atoms with Crippen molar-refractivity contribution in [2.45, 2.75) is 19.3 Å². The molecule has 2 amide bonds. The molecule has 0 bridgehead atoms. The van der Waals surface area contributed by atoms with Crippen LogP contribution >= 0.6 is 0 Å². The molecule has 2 radical (unpaired) electrons. The third-order valence-corrected chi connectivity index (χ3v) is 6.42. The summed E-state index contributed by atoms with van der Waals surface area (Å²) >= 11 is 0. The first-order valence-electron chi connectivity index (χ1n) is 11.8. The highest BCUT2D eigenvalue weighted by molar-refractivity contribution is 6.34. The Morgan fingerprint density at radius 1 is 0.789 bits per heavy atom. The van der Waals surface area contributed by atoms with Gasteiger partial charge in [0.15, 0.2) is 0 Å². The molecule has 7 N–H and O–H groups in total. The van der Waals surface area contributed by atoms with Gasteiger partial charge >= 0.3 is 0 Å². The van der Waals surface area contributed by atoms with Crippen LogP contribution in [0.5, 0.6) is 11.5 Å². The van der Waals surface area contributed by atoms with E-state index in [-0.39, 0.29) is 28.4 Å². The molecule has 190 valence electrons. The Labute approximate surface area is 222 Å². The Morgan fingerprint density at radius 2 is 1.34 bits per heavy atom. The maximum absolute atomic E-state index is 13.0. The maximum atomic E-state index is 13.0. The van der Waals surface area contributed by atoms with Crippen molar-refractivity contribution < 1.29 is 19.8 Å². The first-order valence-corrected chi connectivity index (χ1v) is 11.8. The van der Waals surface area contributed by atoms with Gasteiger partial charge in [-0.1, -0.05) is 38.1 Å². The number of benzene rings is 4. The molecule has 0 heterocycles. The lowest BCUT2D eigenvalue weighted by molar-refractivity contribution is 0.100. The lowest BCUT2D eigenvalue weighted by Gasteiger charge is -2.29. The molecule has 9 heteroatoms. The summed E-state index contributed by atoms with van der Waals surface area (Å²) in [4.78, 5) is 26.6. The van der Waals surface area contributed by atoms with Gasteiger partial charge in [0.05, 0.1) is 11.4 Å². The highest BCUT2D eigenvalue weighted by Crippen LogP contribution is 2.39. The highest BCUT2D eigenvalue weighted by Gasteiger charge is 2.27. The number of carbonyl (C=O) groups is 2. The Kier molecular flexibility index (Phi) is 7.03. The fraction of sp³-hybridized carbons (Fsp3) is 0.103. The van der Waals surface area contributed by atoms with Gasteiger partial charge in [-0.25, -0.2) is 0 Å². The summed E-state index contributed by atoms with van der Waals surface area (Å²) in [5.74, 6) is -1.24. The van der Waals surface area contributed by atoms with Crippen molar-refractivity contribution in [3.8, 4) is 11.5 Å². The number of hydrogen-bond donors (Lipinski definition) is 5. The van der Waals surface area contributed by atoms with Crippen molar-refractivity contribution >= 4 is 42.5 Å². The predicted molar refractivity (Wildman–Crippen MR) is 151 cm³/mol. The van der Waals surface area contributed by atoms with Crippen LogP contribution in [0.15, 0.2) is 84.9 Å². The molecule has 4 aromatic rings. The van der Waals surface area contributed by atoms with Crippen molar-refractivity contribution in [1.29, 1.82) is 0 Å². The number of phenols is 2. The van der Waals surface area contributed by atoms with Crippen LogP contribution in [-0.2, 0) is 5.41 Å². The number of rotatable bonds is 6. The molecule has 0 aromatic heterocycles. The number of carbonyl (C=O) groups excluding carboxylic acids is 2. The average Bonchev–Trinajstić information content (AvgIpc) is 2.89. The van der Waals surface area contributed by atoms with Crippen LogP contribution in [0.4, 0.5) is 22.7 Å². The van der Waals surface area contributed by atoms with Gasteiger partial charge in [0.25, 0.3) is 5.91 Å². The quantitative estimate of drug-likeness (QED) is 0.147. The number of phenolic OH excluding ortho intramolecular Hbond substituents is 2. The minimum atomic E-state index is -0.687. The van der Waals surface area contributed by atoms with Crippen LogP contribution in [0.1, 0.15) is 45.7 Å². The fourth-order valence-electron chi connectivity index (χ4n) is 4.09. The van der Waals surface area contributed by atoms with Gasteiger partial charge in [-0.2, -0.15) is 0 Å². The number of hydrogen-bond acceptors (Lipinski definition) is 6. The molecule has 38 heavy (non-hydrogen) atoms. The summed E-state index contributed by atoms with van der Waals surface area (Å²) in [6.45, 7) is 3.86. The first kappa shape index (κ1) is 26.2. The van der Waals surface area contributed by atoms with E-state index in [2.05, 4.69) is 5.32 Å². The molecule has 0 saturated carbocycles. The second kappa shape index (κ2) is 10.2. The Balaban J connectivity index is 1.65. The zero-order valence-electron chi connectivity index (χ0n) is 21.0. The average molecular weight is 506 g/mol. The molecule has 0 atom stereocenters. The molecule has 0 spiro atoms. The van der Waals surface area contributed by atoms with Gasteiger partial charge in [-0.3, -0.25) is 9.59 Å². The van der Waals surface area contributed by atoms with Crippen molar-refractivity contribution in [1.82, 2.24) is 0 Å². The van der Waals surface area contributed by atoms with E-state index in [0.717, 1.165) is 15.9 Å². The lowest BCUT2D eigenvalue weighted by Crippen LogP contribution is -2.29. The molecule has 4 rings (SSSR count). The number of aromatic hydroxyl groups is 2. The third-order valence-electron chi connectivity index (χ3n) is 6.42. The number of nitrogen functional groups attached to an aromatic ring is 2. The molecule has 0 saturated heterocycles. The number of anilines is 4. The van der Waals surface area contributed by atoms with Gasteiger partial charge < -0.3 is 31.8 Å². The molecule has 0 aliphatic rings.